The first kappa shape index (κ1) is 23.0. The Morgan fingerprint density at radius 2 is 1.76 bits per heavy atom. The van der Waals surface area contributed by atoms with Crippen molar-refractivity contribution in [2.24, 2.45) is 0 Å². The number of nitrogens with zero attached hydrogens (tertiary/aromatic N) is 1. The number of hydrogen-bond acceptors (Lipinski definition) is 3. The molecule has 6 heteroatoms. The third-order valence-corrected chi connectivity index (χ3v) is 6.56. The molecule has 168 valence electrons. The van der Waals surface area contributed by atoms with Crippen molar-refractivity contribution in [3.63, 3.8) is 0 Å². The topological polar surface area (TPSA) is 51.1 Å². The second kappa shape index (κ2) is 10.6. The zero-order valence-electron chi connectivity index (χ0n) is 18.4. The van der Waals surface area contributed by atoms with Gasteiger partial charge >= 0.3 is 4.87 Å². The summed E-state index contributed by atoms with van der Waals surface area (Å²) in [5.41, 5.74) is 4.20. The SMILES string of the molecule is Cc1sc(=O)n(-c2cccc(Cl)c2)c1-c1cccc(C(=O)NCCCCc2ccccc2)c1. The van der Waals surface area contributed by atoms with Crippen LogP contribution in [0.1, 0.15) is 33.6 Å². The Bertz CT molecular complexity index is 1310. The van der Waals surface area contributed by atoms with Crippen molar-refractivity contribution in [2.75, 3.05) is 6.54 Å². The first-order chi connectivity index (χ1) is 16.0. The van der Waals surface area contributed by atoms with Gasteiger partial charge in [0.15, 0.2) is 0 Å². The van der Waals surface area contributed by atoms with E-state index in [4.69, 9.17) is 11.6 Å². The summed E-state index contributed by atoms with van der Waals surface area (Å²) in [5.74, 6) is -0.110. The van der Waals surface area contributed by atoms with Crippen molar-refractivity contribution in [2.45, 2.75) is 26.2 Å². The van der Waals surface area contributed by atoms with E-state index in [2.05, 4.69) is 17.4 Å². The van der Waals surface area contributed by atoms with Crippen molar-refractivity contribution in [3.8, 4) is 16.9 Å². The lowest BCUT2D eigenvalue weighted by atomic mass is 10.1. The highest BCUT2D eigenvalue weighted by Crippen LogP contribution is 2.29. The van der Waals surface area contributed by atoms with E-state index in [1.54, 1.807) is 22.8 Å². The van der Waals surface area contributed by atoms with Gasteiger partial charge in [0.2, 0.25) is 0 Å². The van der Waals surface area contributed by atoms with Crippen LogP contribution >= 0.6 is 22.9 Å². The predicted octanol–water partition coefficient (Wildman–Crippen LogP) is 6.28. The van der Waals surface area contributed by atoms with Gasteiger partial charge in [-0.05, 0) is 62.1 Å². The molecule has 0 fully saturated rings. The number of carbonyl (C=O) groups is 1. The molecule has 0 unspecified atom stereocenters. The summed E-state index contributed by atoms with van der Waals surface area (Å²) in [4.78, 5) is 26.3. The van der Waals surface area contributed by atoms with Gasteiger partial charge in [-0.15, -0.1) is 0 Å². The van der Waals surface area contributed by atoms with Gasteiger partial charge in [-0.25, -0.2) is 0 Å². The Morgan fingerprint density at radius 1 is 0.970 bits per heavy atom. The maximum atomic E-state index is 12.8. The van der Waals surface area contributed by atoms with Crippen LogP contribution in [-0.2, 0) is 6.42 Å². The van der Waals surface area contributed by atoms with E-state index in [0.717, 1.165) is 35.4 Å². The molecule has 4 aromatic rings. The van der Waals surface area contributed by atoms with Gasteiger partial charge in [0.1, 0.15) is 0 Å². The summed E-state index contributed by atoms with van der Waals surface area (Å²) in [6, 6.07) is 25.0. The molecule has 1 aromatic heterocycles. The zero-order chi connectivity index (χ0) is 23.2. The Kier molecular flexibility index (Phi) is 7.43. The Morgan fingerprint density at radius 3 is 2.55 bits per heavy atom. The van der Waals surface area contributed by atoms with Crippen molar-refractivity contribution in [1.82, 2.24) is 9.88 Å². The molecule has 1 heterocycles. The summed E-state index contributed by atoms with van der Waals surface area (Å²) in [7, 11) is 0. The molecule has 4 rings (SSSR count). The van der Waals surface area contributed by atoms with Crippen LogP contribution in [0, 0.1) is 6.92 Å². The lowest BCUT2D eigenvalue weighted by molar-refractivity contribution is 0.0953. The van der Waals surface area contributed by atoms with Crippen LogP contribution < -0.4 is 10.2 Å². The summed E-state index contributed by atoms with van der Waals surface area (Å²) in [5, 5.41) is 3.58. The van der Waals surface area contributed by atoms with Crippen LogP contribution in [0.3, 0.4) is 0 Å². The Labute approximate surface area is 202 Å². The molecule has 0 saturated heterocycles. The number of carbonyl (C=O) groups excluding carboxylic acids is 1. The standard InChI is InChI=1S/C27H25ClN2O2S/c1-19-25(30(27(32)33-19)24-15-8-14-23(28)18-24)21-12-7-13-22(17-21)26(31)29-16-6-5-11-20-9-3-2-4-10-20/h2-4,7-10,12-15,17-18H,5-6,11,16H2,1H3,(H,29,31). The molecule has 33 heavy (non-hydrogen) atoms. The van der Waals surface area contributed by atoms with Gasteiger partial charge in [0.05, 0.1) is 11.4 Å². The third kappa shape index (κ3) is 5.62. The van der Waals surface area contributed by atoms with E-state index in [9.17, 15) is 9.59 Å². The van der Waals surface area contributed by atoms with Crippen LogP contribution in [0.15, 0.2) is 83.7 Å². The molecular formula is C27H25ClN2O2S. The molecule has 0 aliphatic heterocycles. The third-order valence-electron chi connectivity index (χ3n) is 5.47. The molecule has 1 amide bonds. The lowest BCUT2D eigenvalue weighted by Crippen LogP contribution is -2.24. The highest BCUT2D eigenvalue weighted by atomic mass is 35.5. The van der Waals surface area contributed by atoms with E-state index >= 15 is 0 Å². The second-order valence-corrected chi connectivity index (χ2v) is 9.47. The average molecular weight is 477 g/mol. The number of aryl methyl sites for hydroxylation is 2. The fraction of sp³-hybridized carbons (Fsp3) is 0.185. The van der Waals surface area contributed by atoms with Gasteiger partial charge in [0.25, 0.3) is 5.91 Å². The molecular weight excluding hydrogens is 452 g/mol. The van der Waals surface area contributed by atoms with E-state index in [-0.39, 0.29) is 10.8 Å². The molecule has 0 atom stereocenters. The molecule has 1 N–H and O–H groups in total. The normalized spacial score (nSPS) is 10.8. The molecule has 3 aromatic carbocycles. The molecule has 0 spiro atoms. The van der Waals surface area contributed by atoms with E-state index in [0.29, 0.717) is 22.8 Å². The van der Waals surface area contributed by atoms with E-state index in [1.165, 1.54) is 16.9 Å². The predicted molar refractivity (Wildman–Crippen MR) is 137 cm³/mol. The first-order valence-electron chi connectivity index (χ1n) is 10.9. The summed E-state index contributed by atoms with van der Waals surface area (Å²) < 4.78 is 1.66. The number of benzene rings is 3. The van der Waals surface area contributed by atoms with Crippen LogP contribution in [-0.4, -0.2) is 17.0 Å². The number of hydrogen-bond donors (Lipinski definition) is 1. The number of halogens is 1. The van der Waals surface area contributed by atoms with Crippen LogP contribution in [0.5, 0.6) is 0 Å². The first-order valence-corrected chi connectivity index (χ1v) is 12.1. The molecule has 0 saturated carbocycles. The van der Waals surface area contributed by atoms with Crippen LogP contribution in [0.4, 0.5) is 0 Å². The molecule has 0 aliphatic rings. The highest BCUT2D eigenvalue weighted by Gasteiger charge is 2.17. The summed E-state index contributed by atoms with van der Waals surface area (Å²) in [6.07, 6.45) is 2.94. The van der Waals surface area contributed by atoms with Crippen molar-refractivity contribution in [3.05, 3.63) is 110 Å². The molecule has 0 radical (unpaired) electrons. The fourth-order valence-electron chi connectivity index (χ4n) is 3.87. The average Bonchev–Trinajstić information content (AvgIpc) is 3.13. The van der Waals surface area contributed by atoms with Crippen molar-refractivity contribution < 1.29 is 4.79 Å². The number of amides is 1. The van der Waals surface area contributed by atoms with E-state index < -0.39 is 0 Å². The Balaban J connectivity index is 1.47. The quantitative estimate of drug-likeness (QED) is 0.304. The molecule has 4 nitrogen and oxygen atoms in total. The second-order valence-electron chi connectivity index (χ2n) is 7.87. The highest BCUT2D eigenvalue weighted by molar-refractivity contribution is 7.09. The van der Waals surface area contributed by atoms with Crippen LogP contribution in [0.25, 0.3) is 16.9 Å². The van der Waals surface area contributed by atoms with E-state index in [1.807, 2.05) is 55.5 Å². The maximum Gasteiger partial charge on any atom is 0.312 e. The fourth-order valence-corrected chi connectivity index (χ4v) is 4.91. The van der Waals surface area contributed by atoms with Gasteiger partial charge in [0, 0.05) is 27.6 Å². The maximum absolute atomic E-state index is 12.8. The van der Waals surface area contributed by atoms with Crippen molar-refractivity contribution >= 4 is 28.8 Å². The minimum absolute atomic E-state index is 0.0852. The zero-order valence-corrected chi connectivity index (χ0v) is 20.0. The number of nitrogens with one attached hydrogen (secondary N) is 1. The monoisotopic (exact) mass is 476 g/mol. The Hall–Kier alpha value is -3.15. The number of rotatable bonds is 8. The number of unbranched alkanes of at least 4 members (excludes halogenated alkanes) is 1. The summed E-state index contributed by atoms with van der Waals surface area (Å²) >= 11 is 7.35. The smallest absolute Gasteiger partial charge is 0.312 e. The summed E-state index contributed by atoms with van der Waals surface area (Å²) in [6.45, 7) is 2.54. The number of thiazole rings is 1. The lowest BCUT2D eigenvalue weighted by Gasteiger charge is -2.11. The minimum atomic E-state index is -0.110. The molecule has 0 bridgehead atoms. The van der Waals surface area contributed by atoms with Gasteiger partial charge in [-0.2, -0.15) is 0 Å². The van der Waals surface area contributed by atoms with Gasteiger partial charge in [-0.3, -0.25) is 14.2 Å². The van der Waals surface area contributed by atoms with Gasteiger partial charge in [-0.1, -0.05) is 71.5 Å². The van der Waals surface area contributed by atoms with Gasteiger partial charge < -0.3 is 5.32 Å². The number of aromatic nitrogens is 1. The molecule has 0 aliphatic carbocycles. The largest absolute Gasteiger partial charge is 0.352 e. The minimum Gasteiger partial charge on any atom is -0.352 e. The van der Waals surface area contributed by atoms with Crippen molar-refractivity contribution in [1.29, 1.82) is 0 Å². The van der Waals surface area contributed by atoms with Crippen LogP contribution in [0.2, 0.25) is 5.02 Å².